The zero-order valence-electron chi connectivity index (χ0n) is 15.2. The Labute approximate surface area is 148 Å². The van der Waals surface area contributed by atoms with E-state index in [1.165, 1.54) is 0 Å². The Morgan fingerprint density at radius 2 is 1.72 bits per heavy atom. The van der Waals surface area contributed by atoms with Crippen molar-refractivity contribution in [2.75, 3.05) is 32.6 Å². The number of aryl methyl sites for hydroxylation is 1. The van der Waals surface area contributed by atoms with E-state index in [9.17, 15) is 9.59 Å². The second-order valence-electron chi connectivity index (χ2n) is 6.20. The molecular weight excluding hydrogens is 316 g/mol. The summed E-state index contributed by atoms with van der Waals surface area (Å²) in [5, 5.41) is 0. The first-order valence-electron chi connectivity index (χ1n) is 8.11. The maximum absolute atomic E-state index is 12.2. The van der Waals surface area contributed by atoms with Gasteiger partial charge >= 0.3 is 5.97 Å². The van der Waals surface area contributed by atoms with Gasteiger partial charge in [0.05, 0.1) is 5.56 Å². The zero-order valence-corrected chi connectivity index (χ0v) is 15.2. The molecule has 0 heterocycles. The number of esters is 1. The van der Waals surface area contributed by atoms with Gasteiger partial charge in [-0.05, 0) is 36.2 Å². The number of nitrogens with zero attached hydrogens (tertiary/aromatic N) is 2. The lowest BCUT2D eigenvalue weighted by Crippen LogP contribution is -2.31. The molecule has 0 aliphatic heterocycles. The lowest BCUT2D eigenvalue weighted by atomic mass is 10.1. The molecule has 0 saturated carbocycles. The molecule has 2 rings (SSSR count). The predicted octanol–water partition coefficient (Wildman–Crippen LogP) is 2.88. The van der Waals surface area contributed by atoms with Crippen LogP contribution in [0.15, 0.2) is 48.5 Å². The van der Waals surface area contributed by atoms with Crippen molar-refractivity contribution in [3.05, 3.63) is 65.2 Å². The van der Waals surface area contributed by atoms with Crippen molar-refractivity contribution in [2.45, 2.75) is 13.5 Å². The molecular formula is C20H24N2O3. The Morgan fingerprint density at radius 1 is 1.00 bits per heavy atom. The van der Waals surface area contributed by atoms with Gasteiger partial charge in [0.1, 0.15) is 0 Å². The number of hydrogen-bond donors (Lipinski definition) is 0. The normalized spacial score (nSPS) is 10.2. The number of rotatable bonds is 6. The van der Waals surface area contributed by atoms with E-state index in [0.717, 1.165) is 16.8 Å². The van der Waals surface area contributed by atoms with Crippen molar-refractivity contribution in [1.82, 2.24) is 4.90 Å². The summed E-state index contributed by atoms with van der Waals surface area (Å²) in [5.41, 5.74) is 3.53. The summed E-state index contributed by atoms with van der Waals surface area (Å²) in [6.07, 6.45) is 0. The third-order valence-electron chi connectivity index (χ3n) is 4.02. The van der Waals surface area contributed by atoms with Crippen LogP contribution in [0.5, 0.6) is 0 Å². The van der Waals surface area contributed by atoms with E-state index in [-0.39, 0.29) is 12.5 Å². The fourth-order valence-corrected chi connectivity index (χ4v) is 2.36. The Balaban J connectivity index is 1.91. The monoisotopic (exact) mass is 340 g/mol. The second kappa shape index (κ2) is 8.33. The van der Waals surface area contributed by atoms with Crippen LogP contribution in [0, 0.1) is 6.92 Å². The summed E-state index contributed by atoms with van der Waals surface area (Å²) < 4.78 is 5.17. The first-order chi connectivity index (χ1) is 11.9. The van der Waals surface area contributed by atoms with Crippen LogP contribution in [-0.2, 0) is 16.1 Å². The van der Waals surface area contributed by atoms with Crippen molar-refractivity contribution in [2.24, 2.45) is 0 Å². The standard InChI is InChI=1S/C20H24N2O3/c1-15-8-5-6-9-17(15)13-22(4)19(23)14-25-20(24)16-10-7-11-18(12-16)21(2)3/h5-12H,13-14H2,1-4H3. The molecule has 5 heteroatoms. The van der Waals surface area contributed by atoms with E-state index in [1.807, 2.05) is 56.3 Å². The third-order valence-corrected chi connectivity index (χ3v) is 4.02. The minimum atomic E-state index is -0.499. The van der Waals surface area contributed by atoms with Gasteiger partial charge in [-0.15, -0.1) is 0 Å². The molecule has 0 aliphatic rings. The molecule has 0 N–H and O–H groups in total. The maximum Gasteiger partial charge on any atom is 0.338 e. The molecule has 0 radical (unpaired) electrons. The summed E-state index contributed by atoms with van der Waals surface area (Å²) in [7, 11) is 5.50. The Morgan fingerprint density at radius 3 is 2.40 bits per heavy atom. The number of likely N-dealkylation sites (N-methyl/N-ethyl adjacent to an activating group) is 1. The highest BCUT2D eigenvalue weighted by molar-refractivity contribution is 5.92. The Hall–Kier alpha value is -2.82. The number of ether oxygens (including phenoxy) is 1. The van der Waals surface area contributed by atoms with Crippen LogP contribution < -0.4 is 4.90 Å². The summed E-state index contributed by atoms with van der Waals surface area (Å²) in [4.78, 5) is 27.8. The van der Waals surface area contributed by atoms with Crippen LogP contribution >= 0.6 is 0 Å². The van der Waals surface area contributed by atoms with Crippen LogP contribution in [-0.4, -0.2) is 44.5 Å². The molecule has 1 amide bonds. The van der Waals surface area contributed by atoms with E-state index < -0.39 is 5.97 Å². The number of carbonyl (C=O) groups excluding carboxylic acids is 2. The largest absolute Gasteiger partial charge is 0.452 e. The minimum Gasteiger partial charge on any atom is -0.452 e. The highest BCUT2D eigenvalue weighted by atomic mass is 16.5. The lowest BCUT2D eigenvalue weighted by Gasteiger charge is -2.18. The lowest BCUT2D eigenvalue weighted by molar-refractivity contribution is -0.133. The van der Waals surface area contributed by atoms with Gasteiger partial charge in [-0.3, -0.25) is 4.79 Å². The topological polar surface area (TPSA) is 49.9 Å². The molecule has 2 aromatic rings. The molecule has 0 aromatic heterocycles. The van der Waals surface area contributed by atoms with E-state index in [0.29, 0.717) is 12.1 Å². The van der Waals surface area contributed by atoms with Gasteiger partial charge in [0, 0.05) is 33.4 Å². The highest BCUT2D eigenvalue weighted by Gasteiger charge is 2.15. The van der Waals surface area contributed by atoms with Crippen molar-refractivity contribution >= 4 is 17.6 Å². The molecule has 0 atom stereocenters. The van der Waals surface area contributed by atoms with E-state index >= 15 is 0 Å². The van der Waals surface area contributed by atoms with Crippen LogP contribution in [0.2, 0.25) is 0 Å². The number of amides is 1. The van der Waals surface area contributed by atoms with E-state index in [2.05, 4.69) is 0 Å². The predicted molar refractivity (Wildman–Crippen MR) is 98.7 cm³/mol. The second-order valence-corrected chi connectivity index (χ2v) is 6.20. The molecule has 2 aromatic carbocycles. The summed E-state index contributed by atoms with van der Waals surface area (Å²) in [6, 6.07) is 15.0. The van der Waals surface area contributed by atoms with Gasteiger partial charge in [0.25, 0.3) is 5.91 Å². The average Bonchev–Trinajstić information content (AvgIpc) is 2.61. The van der Waals surface area contributed by atoms with Crippen LogP contribution in [0.3, 0.4) is 0 Å². The first-order valence-corrected chi connectivity index (χ1v) is 8.11. The van der Waals surface area contributed by atoms with Gasteiger partial charge in [-0.1, -0.05) is 30.3 Å². The number of anilines is 1. The van der Waals surface area contributed by atoms with Gasteiger partial charge in [-0.25, -0.2) is 4.79 Å². The fourth-order valence-electron chi connectivity index (χ4n) is 2.36. The zero-order chi connectivity index (χ0) is 18.4. The summed E-state index contributed by atoms with van der Waals surface area (Å²) in [6.45, 7) is 2.22. The Kier molecular flexibility index (Phi) is 6.17. The molecule has 0 spiro atoms. The average molecular weight is 340 g/mol. The fraction of sp³-hybridized carbons (Fsp3) is 0.300. The molecule has 132 valence electrons. The number of benzene rings is 2. The van der Waals surface area contributed by atoms with Gasteiger partial charge < -0.3 is 14.5 Å². The van der Waals surface area contributed by atoms with Crippen LogP contribution in [0.4, 0.5) is 5.69 Å². The number of hydrogen-bond acceptors (Lipinski definition) is 4. The van der Waals surface area contributed by atoms with Crippen LogP contribution in [0.1, 0.15) is 21.5 Å². The van der Waals surface area contributed by atoms with Crippen molar-refractivity contribution in [3.8, 4) is 0 Å². The first kappa shape index (κ1) is 18.5. The quantitative estimate of drug-likeness (QED) is 0.759. The third kappa shape index (κ3) is 5.08. The highest BCUT2D eigenvalue weighted by Crippen LogP contribution is 2.14. The van der Waals surface area contributed by atoms with Gasteiger partial charge in [0.15, 0.2) is 6.61 Å². The van der Waals surface area contributed by atoms with E-state index in [4.69, 9.17) is 4.74 Å². The summed E-state index contributed by atoms with van der Waals surface area (Å²) >= 11 is 0. The van der Waals surface area contributed by atoms with Crippen molar-refractivity contribution < 1.29 is 14.3 Å². The molecule has 25 heavy (non-hydrogen) atoms. The smallest absolute Gasteiger partial charge is 0.338 e. The summed E-state index contributed by atoms with van der Waals surface area (Å²) in [5.74, 6) is -0.735. The number of carbonyl (C=O) groups is 2. The Bertz CT molecular complexity index is 756. The molecule has 0 fully saturated rings. The minimum absolute atomic E-state index is 0.236. The molecule has 5 nitrogen and oxygen atoms in total. The van der Waals surface area contributed by atoms with Crippen molar-refractivity contribution in [3.63, 3.8) is 0 Å². The van der Waals surface area contributed by atoms with Gasteiger partial charge in [-0.2, -0.15) is 0 Å². The maximum atomic E-state index is 12.2. The van der Waals surface area contributed by atoms with Crippen LogP contribution in [0.25, 0.3) is 0 Å². The van der Waals surface area contributed by atoms with E-state index in [1.54, 1.807) is 30.1 Å². The molecule has 0 bridgehead atoms. The van der Waals surface area contributed by atoms with Gasteiger partial charge in [0.2, 0.25) is 0 Å². The molecule has 0 aliphatic carbocycles. The molecule has 0 unspecified atom stereocenters. The SMILES string of the molecule is Cc1ccccc1CN(C)C(=O)COC(=O)c1cccc(N(C)C)c1. The van der Waals surface area contributed by atoms with Crippen molar-refractivity contribution in [1.29, 1.82) is 0 Å². The molecule has 0 saturated heterocycles.